The van der Waals surface area contributed by atoms with Gasteiger partial charge in [-0.2, -0.15) is 5.26 Å². The van der Waals surface area contributed by atoms with Crippen molar-refractivity contribution in [3.05, 3.63) is 23.8 Å². The van der Waals surface area contributed by atoms with Crippen molar-refractivity contribution in [2.75, 3.05) is 17.2 Å². The second kappa shape index (κ2) is 5.58. The number of benzene rings is 1. The number of hydrogen-bond acceptors (Lipinski definition) is 3. The van der Waals surface area contributed by atoms with Crippen LogP contribution in [0.2, 0.25) is 0 Å². The molecule has 1 aromatic rings. The highest BCUT2D eigenvalue weighted by Gasteiger charge is 2.15. The summed E-state index contributed by atoms with van der Waals surface area (Å²) >= 11 is 0. The average Bonchev–Trinajstić information content (AvgIpc) is 2.25. The average molecular weight is 231 g/mol. The summed E-state index contributed by atoms with van der Waals surface area (Å²) in [6, 6.07) is 8.13. The van der Waals surface area contributed by atoms with E-state index in [4.69, 9.17) is 5.73 Å². The van der Waals surface area contributed by atoms with Gasteiger partial charge in [0.05, 0.1) is 11.3 Å². The summed E-state index contributed by atoms with van der Waals surface area (Å²) in [6.07, 6.45) is 0. The molecule has 0 heterocycles. The van der Waals surface area contributed by atoms with Gasteiger partial charge in [0, 0.05) is 18.3 Å². The van der Waals surface area contributed by atoms with Crippen LogP contribution in [0.4, 0.5) is 11.4 Å². The van der Waals surface area contributed by atoms with Crippen LogP contribution in [-0.2, 0) is 0 Å². The van der Waals surface area contributed by atoms with Crippen molar-refractivity contribution in [3.63, 3.8) is 0 Å². The minimum Gasteiger partial charge on any atom is -0.399 e. The van der Waals surface area contributed by atoms with Gasteiger partial charge in [0.1, 0.15) is 6.07 Å². The topological polar surface area (TPSA) is 53.0 Å². The fourth-order valence-electron chi connectivity index (χ4n) is 1.87. The molecule has 0 spiro atoms. The van der Waals surface area contributed by atoms with Crippen LogP contribution in [0.5, 0.6) is 0 Å². The third kappa shape index (κ3) is 3.39. The van der Waals surface area contributed by atoms with Crippen molar-refractivity contribution >= 4 is 11.4 Å². The molecule has 0 unspecified atom stereocenters. The minimum absolute atomic E-state index is 0.369. The van der Waals surface area contributed by atoms with Gasteiger partial charge >= 0.3 is 0 Å². The lowest BCUT2D eigenvalue weighted by Crippen LogP contribution is -2.34. The van der Waals surface area contributed by atoms with Crippen LogP contribution in [0.3, 0.4) is 0 Å². The Hall–Kier alpha value is -1.69. The summed E-state index contributed by atoms with van der Waals surface area (Å²) in [5.41, 5.74) is 7.98. The Balaban J connectivity index is 3.14. The first-order valence-electron chi connectivity index (χ1n) is 6.02. The minimum atomic E-state index is 0.369. The number of nitriles is 1. The highest BCUT2D eigenvalue weighted by molar-refractivity contribution is 5.64. The highest BCUT2D eigenvalue weighted by Crippen LogP contribution is 2.25. The number of rotatable bonds is 4. The van der Waals surface area contributed by atoms with Crippen molar-refractivity contribution < 1.29 is 0 Å². The van der Waals surface area contributed by atoms with Gasteiger partial charge in [-0.05, 0) is 38.0 Å². The largest absolute Gasteiger partial charge is 0.399 e. The molecule has 0 fully saturated rings. The lowest BCUT2D eigenvalue weighted by Gasteiger charge is -2.31. The fraction of sp³-hybridized carbons (Fsp3) is 0.500. The molecule has 0 aliphatic heterocycles. The number of anilines is 2. The number of nitrogen functional groups attached to an aromatic ring is 1. The van der Waals surface area contributed by atoms with Crippen molar-refractivity contribution in [3.8, 4) is 6.07 Å². The summed E-state index contributed by atoms with van der Waals surface area (Å²) in [5.74, 6) is 0.557. The molecule has 2 N–H and O–H groups in total. The van der Waals surface area contributed by atoms with Gasteiger partial charge in [-0.3, -0.25) is 0 Å². The zero-order valence-electron chi connectivity index (χ0n) is 11.1. The zero-order valence-corrected chi connectivity index (χ0v) is 11.1. The van der Waals surface area contributed by atoms with E-state index in [9.17, 15) is 5.26 Å². The smallest absolute Gasteiger partial charge is 0.101 e. The molecule has 17 heavy (non-hydrogen) atoms. The molecule has 0 atom stereocenters. The molecular formula is C14H21N3. The van der Waals surface area contributed by atoms with Crippen LogP contribution < -0.4 is 10.6 Å². The SMILES string of the molecule is CC(C)CN(c1ccc(N)cc1C#N)C(C)C. The molecule has 1 aromatic carbocycles. The van der Waals surface area contributed by atoms with Crippen LogP contribution in [0.25, 0.3) is 0 Å². The summed E-state index contributed by atoms with van der Waals surface area (Å²) in [6.45, 7) is 9.58. The molecule has 92 valence electrons. The molecule has 0 saturated heterocycles. The first kappa shape index (κ1) is 13.4. The van der Waals surface area contributed by atoms with E-state index in [1.54, 1.807) is 6.07 Å². The Morgan fingerprint density at radius 2 is 1.94 bits per heavy atom. The van der Waals surface area contributed by atoms with E-state index in [-0.39, 0.29) is 0 Å². The van der Waals surface area contributed by atoms with E-state index in [2.05, 4.69) is 38.7 Å². The van der Waals surface area contributed by atoms with Crippen LogP contribution >= 0.6 is 0 Å². The molecule has 0 aromatic heterocycles. The van der Waals surface area contributed by atoms with Gasteiger partial charge in [0.2, 0.25) is 0 Å². The van der Waals surface area contributed by atoms with E-state index in [1.807, 2.05) is 12.1 Å². The first-order chi connectivity index (χ1) is 7.95. The van der Waals surface area contributed by atoms with Gasteiger partial charge in [0.15, 0.2) is 0 Å². The monoisotopic (exact) mass is 231 g/mol. The predicted octanol–water partition coefficient (Wildman–Crippen LogP) is 3.01. The molecule has 3 heteroatoms. The van der Waals surface area contributed by atoms with Crippen molar-refractivity contribution in [1.82, 2.24) is 0 Å². The Kier molecular flexibility index (Phi) is 4.39. The Morgan fingerprint density at radius 1 is 1.29 bits per heavy atom. The summed E-state index contributed by atoms with van der Waals surface area (Å²) in [4.78, 5) is 2.25. The predicted molar refractivity (Wildman–Crippen MR) is 72.9 cm³/mol. The van der Waals surface area contributed by atoms with E-state index >= 15 is 0 Å². The molecule has 0 saturated carbocycles. The third-order valence-corrected chi connectivity index (χ3v) is 2.64. The molecule has 0 aliphatic carbocycles. The quantitative estimate of drug-likeness (QED) is 0.810. The zero-order chi connectivity index (χ0) is 13.0. The summed E-state index contributed by atoms with van der Waals surface area (Å²) in [5, 5.41) is 9.18. The Labute approximate surface area is 104 Å². The normalized spacial score (nSPS) is 10.6. The maximum atomic E-state index is 9.18. The van der Waals surface area contributed by atoms with Gasteiger partial charge in [0.25, 0.3) is 0 Å². The first-order valence-corrected chi connectivity index (χ1v) is 6.02. The maximum absolute atomic E-state index is 9.18. The van der Waals surface area contributed by atoms with Crippen molar-refractivity contribution in [2.45, 2.75) is 33.7 Å². The van der Waals surface area contributed by atoms with Crippen molar-refractivity contribution in [2.24, 2.45) is 5.92 Å². The van der Waals surface area contributed by atoms with Gasteiger partial charge in [-0.1, -0.05) is 13.8 Å². The van der Waals surface area contributed by atoms with Crippen molar-refractivity contribution in [1.29, 1.82) is 5.26 Å². The third-order valence-electron chi connectivity index (χ3n) is 2.64. The lowest BCUT2D eigenvalue weighted by atomic mass is 10.1. The van der Waals surface area contributed by atoms with Gasteiger partial charge in [-0.25, -0.2) is 0 Å². The molecule has 0 aliphatic rings. The standard InChI is InChI=1S/C14H21N3/c1-10(2)9-17(11(3)4)14-6-5-13(16)7-12(14)8-15/h5-7,10-11H,9,16H2,1-4H3. The molecular weight excluding hydrogens is 210 g/mol. The summed E-state index contributed by atoms with van der Waals surface area (Å²) < 4.78 is 0. The highest BCUT2D eigenvalue weighted by atomic mass is 15.2. The second-order valence-corrected chi connectivity index (χ2v) is 5.03. The van der Waals surface area contributed by atoms with E-state index in [0.29, 0.717) is 23.2 Å². The van der Waals surface area contributed by atoms with E-state index < -0.39 is 0 Å². The molecule has 0 amide bonds. The fourth-order valence-corrected chi connectivity index (χ4v) is 1.87. The Bertz CT molecular complexity index is 416. The number of nitrogens with zero attached hydrogens (tertiary/aromatic N) is 2. The molecule has 0 bridgehead atoms. The van der Waals surface area contributed by atoms with Crippen LogP contribution in [0.1, 0.15) is 33.3 Å². The van der Waals surface area contributed by atoms with E-state index in [1.165, 1.54) is 0 Å². The van der Waals surface area contributed by atoms with Gasteiger partial charge < -0.3 is 10.6 Å². The van der Waals surface area contributed by atoms with E-state index in [0.717, 1.165) is 12.2 Å². The number of hydrogen-bond donors (Lipinski definition) is 1. The maximum Gasteiger partial charge on any atom is 0.101 e. The second-order valence-electron chi connectivity index (χ2n) is 5.03. The summed E-state index contributed by atoms with van der Waals surface area (Å²) in [7, 11) is 0. The van der Waals surface area contributed by atoms with Gasteiger partial charge in [-0.15, -0.1) is 0 Å². The van der Waals surface area contributed by atoms with Crippen LogP contribution in [-0.4, -0.2) is 12.6 Å². The molecule has 0 radical (unpaired) electrons. The molecule has 1 rings (SSSR count). The number of nitrogens with two attached hydrogens (primary N) is 1. The Morgan fingerprint density at radius 3 is 2.41 bits per heavy atom. The van der Waals surface area contributed by atoms with Crippen LogP contribution in [0.15, 0.2) is 18.2 Å². The van der Waals surface area contributed by atoms with Crippen LogP contribution in [0, 0.1) is 17.2 Å². The lowest BCUT2D eigenvalue weighted by molar-refractivity contribution is 0.570. The molecule has 3 nitrogen and oxygen atoms in total.